The lowest BCUT2D eigenvalue weighted by Gasteiger charge is -2.14. The predicted molar refractivity (Wildman–Crippen MR) is 87.9 cm³/mol. The molecule has 2 heterocycles. The monoisotopic (exact) mass is 350 g/mol. The third kappa shape index (κ3) is 2.95. The number of pyridine rings is 1. The molecule has 0 bridgehead atoms. The van der Waals surface area contributed by atoms with E-state index < -0.39 is 16.1 Å². The SMILES string of the molecule is Cc1c(Cl)cccc1S(=O)(=O)N[C@@H](C)c1nnc2ccccn12. The van der Waals surface area contributed by atoms with Gasteiger partial charge in [-0.25, -0.2) is 13.1 Å². The van der Waals surface area contributed by atoms with Gasteiger partial charge < -0.3 is 0 Å². The molecule has 0 radical (unpaired) electrons. The molecule has 0 saturated heterocycles. The van der Waals surface area contributed by atoms with Crippen LogP contribution in [-0.4, -0.2) is 23.0 Å². The fraction of sp³-hybridized carbons (Fsp3) is 0.200. The van der Waals surface area contributed by atoms with Gasteiger partial charge in [0.15, 0.2) is 11.5 Å². The molecule has 23 heavy (non-hydrogen) atoms. The molecule has 0 aliphatic rings. The number of nitrogens with one attached hydrogen (secondary N) is 1. The third-order valence-corrected chi connectivity index (χ3v) is 5.66. The lowest BCUT2D eigenvalue weighted by atomic mass is 10.2. The first-order valence-corrected chi connectivity index (χ1v) is 8.83. The minimum atomic E-state index is -3.72. The maximum atomic E-state index is 12.6. The molecule has 6 nitrogen and oxygen atoms in total. The van der Waals surface area contributed by atoms with Crippen LogP contribution in [0.25, 0.3) is 5.65 Å². The van der Waals surface area contributed by atoms with E-state index in [0.717, 1.165) is 0 Å². The van der Waals surface area contributed by atoms with E-state index in [1.807, 2.05) is 12.1 Å². The van der Waals surface area contributed by atoms with E-state index in [1.165, 1.54) is 6.07 Å². The molecule has 0 aliphatic carbocycles. The van der Waals surface area contributed by atoms with Crippen LogP contribution in [0.5, 0.6) is 0 Å². The normalized spacial score (nSPS) is 13.3. The van der Waals surface area contributed by atoms with Crippen molar-refractivity contribution in [3.63, 3.8) is 0 Å². The van der Waals surface area contributed by atoms with Gasteiger partial charge in [0.1, 0.15) is 0 Å². The first kappa shape index (κ1) is 15.9. The van der Waals surface area contributed by atoms with Crippen molar-refractivity contribution in [2.24, 2.45) is 0 Å². The van der Waals surface area contributed by atoms with Crippen LogP contribution in [0.15, 0.2) is 47.5 Å². The Balaban J connectivity index is 1.95. The van der Waals surface area contributed by atoms with Gasteiger partial charge in [-0.15, -0.1) is 10.2 Å². The number of fused-ring (bicyclic) bond motifs is 1. The van der Waals surface area contributed by atoms with E-state index in [2.05, 4.69) is 14.9 Å². The van der Waals surface area contributed by atoms with Crippen LogP contribution in [-0.2, 0) is 10.0 Å². The summed E-state index contributed by atoms with van der Waals surface area (Å²) in [6.07, 6.45) is 1.79. The van der Waals surface area contributed by atoms with Crippen molar-refractivity contribution >= 4 is 27.3 Å². The highest BCUT2D eigenvalue weighted by Gasteiger charge is 2.23. The summed E-state index contributed by atoms with van der Waals surface area (Å²) in [7, 11) is -3.72. The maximum Gasteiger partial charge on any atom is 0.241 e. The maximum absolute atomic E-state index is 12.6. The second-order valence-corrected chi connectivity index (χ2v) is 7.28. The molecule has 2 aromatic heterocycles. The first-order valence-electron chi connectivity index (χ1n) is 6.97. The molecule has 3 rings (SSSR count). The standard InChI is InChI=1S/C15H15ClN4O2S/c1-10-12(16)6-5-7-13(10)23(21,22)19-11(2)15-18-17-14-8-3-4-9-20(14)15/h3-9,11,19H,1-2H3/t11-/m0/s1. The Labute approximate surface area is 139 Å². The van der Waals surface area contributed by atoms with E-state index in [4.69, 9.17) is 11.6 Å². The minimum Gasteiger partial charge on any atom is -0.285 e. The molecule has 0 fully saturated rings. The zero-order valence-corrected chi connectivity index (χ0v) is 14.1. The molecule has 0 spiro atoms. The van der Waals surface area contributed by atoms with E-state index in [0.29, 0.717) is 22.1 Å². The van der Waals surface area contributed by atoms with Gasteiger partial charge in [0.05, 0.1) is 10.9 Å². The molecular weight excluding hydrogens is 336 g/mol. The zero-order valence-electron chi connectivity index (χ0n) is 12.6. The summed E-state index contributed by atoms with van der Waals surface area (Å²) in [6.45, 7) is 3.40. The largest absolute Gasteiger partial charge is 0.285 e. The highest BCUT2D eigenvalue weighted by Crippen LogP contribution is 2.24. The third-order valence-electron chi connectivity index (χ3n) is 3.57. The number of rotatable bonds is 4. The van der Waals surface area contributed by atoms with E-state index in [1.54, 1.807) is 42.6 Å². The Morgan fingerprint density at radius 1 is 1.17 bits per heavy atom. The summed E-state index contributed by atoms with van der Waals surface area (Å²) in [5.74, 6) is 0.517. The summed E-state index contributed by atoms with van der Waals surface area (Å²) < 4.78 is 29.6. The molecule has 0 aliphatic heterocycles. The molecule has 0 saturated carbocycles. The zero-order chi connectivity index (χ0) is 16.6. The van der Waals surface area contributed by atoms with E-state index >= 15 is 0 Å². The van der Waals surface area contributed by atoms with Crippen molar-refractivity contribution in [2.45, 2.75) is 24.8 Å². The average Bonchev–Trinajstić information content (AvgIpc) is 2.93. The summed E-state index contributed by atoms with van der Waals surface area (Å²) in [5, 5.41) is 8.51. The second kappa shape index (κ2) is 5.92. The average molecular weight is 351 g/mol. The second-order valence-electron chi connectivity index (χ2n) is 5.19. The van der Waals surface area contributed by atoms with Gasteiger partial charge in [-0.05, 0) is 43.7 Å². The van der Waals surface area contributed by atoms with Gasteiger partial charge in [0.2, 0.25) is 10.0 Å². The summed E-state index contributed by atoms with van der Waals surface area (Å²) in [5.41, 5.74) is 1.17. The van der Waals surface area contributed by atoms with Crippen LogP contribution >= 0.6 is 11.6 Å². The Morgan fingerprint density at radius 2 is 1.96 bits per heavy atom. The number of halogens is 1. The smallest absolute Gasteiger partial charge is 0.241 e. The van der Waals surface area contributed by atoms with Crippen LogP contribution in [0, 0.1) is 6.92 Å². The van der Waals surface area contributed by atoms with Gasteiger partial charge >= 0.3 is 0 Å². The highest BCUT2D eigenvalue weighted by molar-refractivity contribution is 7.89. The van der Waals surface area contributed by atoms with Crippen LogP contribution in [0.2, 0.25) is 5.02 Å². The first-order chi connectivity index (χ1) is 10.9. The Morgan fingerprint density at radius 3 is 2.74 bits per heavy atom. The molecule has 1 N–H and O–H groups in total. The Hall–Kier alpha value is -1.96. The Kier molecular flexibility index (Phi) is 4.09. The van der Waals surface area contributed by atoms with Crippen molar-refractivity contribution < 1.29 is 8.42 Å². The molecule has 1 atom stereocenters. The number of nitrogens with zero attached hydrogens (tertiary/aromatic N) is 3. The lowest BCUT2D eigenvalue weighted by Crippen LogP contribution is -2.28. The van der Waals surface area contributed by atoms with Crippen LogP contribution in [0.4, 0.5) is 0 Å². The lowest BCUT2D eigenvalue weighted by molar-refractivity contribution is 0.557. The molecule has 3 aromatic rings. The molecule has 1 aromatic carbocycles. The van der Waals surface area contributed by atoms with Crippen LogP contribution in [0.3, 0.4) is 0 Å². The van der Waals surface area contributed by atoms with Gasteiger partial charge in [-0.3, -0.25) is 4.40 Å². The van der Waals surface area contributed by atoms with Gasteiger partial charge in [-0.1, -0.05) is 23.7 Å². The topological polar surface area (TPSA) is 76.4 Å². The number of sulfonamides is 1. The van der Waals surface area contributed by atoms with Crippen molar-refractivity contribution in [3.05, 3.63) is 59.0 Å². The minimum absolute atomic E-state index is 0.158. The van der Waals surface area contributed by atoms with Gasteiger partial charge in [-0.2, -0.15) is 0 Å². The quantitative estimate of drug-likeness (QED) is 0.785. The molecule has 8 heteroatoms. The fourth-order valence-electron chi connectivity index (χ4n) is 2.38. The number of benzene rings is 1. The van der Waals surface area contributed by atoms with Crippen molar-refractivity contribution in [2.75, 3.05) is 0 Å². The summed E-state index contributed by atoms with van der Waals surface area (Å²) >= 11 is 6.02. The molecule has 0 unspecified atom stereocenters. The van der Waals surface area contributed by atoms with Gasteiger partial charge in [0, 0.05) is 11.2 Å². The highest BCUT2D eigenvalue weighted by atomic mass is 35.5. The van der Waals surface area contributed by atoms with Crippen molar-refractivity contribution in [1.29, 1.82) is 0 Å². The molecule has 0 amide bonds. The Bertz CT molecular complexity index is 969. The summed E-state index contributed by atoms with van der Waals surface area (Å²) in [6, 6.07) is 9.74. The van der Waals surface area contributed by atoms with Crippen LogP contribution < -0.4 is 4.72 Å². The van der Waals surface area contributed by atoms with Crippen molar-refractivity contribution in [3.8, 4) is 0 Å². The van der Waals surface area contributed by atoms with E-state index in [9.17, 15) is 8.42 Å². The van der Waals surface area contributed by atoms with Gasteiger partial charge in [0.25, 0.3) is 0 Å². The number of hydrogen-bond donors (Lipinski definition) is 1. The molecular formula is C15H15ClN4O2S. The van der Waals surface area contributed by atoms with Crippen molar-refractivity contribution in [1.82, 2.24) is 19.3 Å². The number of aromatic nitrogens is 3. The summed E-state index contributed by atoms with van der Waals surface area (Å²) in [4.78, 5) is 0.158. The van der Waals surface area contributed by atoms with Crippen LogP contribution in [0.1, 0.15) is 24.4 Å². The predicted octanol–water partition coefficient (Wildman–Crippen LogP) is 2.73. The number of hydrogen-bond acceptors (Lipinski definition) is 4. The molecule has 120 valence electrons. The fourth-order valence-corrected chi connectivity index (χ4v) is 4.08. The van der Waals surface area contributed by atoms with E-state index in [-0.39, 0.29) is 4.90 Å².